The highest BCUT2D eigenvalue weighted by Gasteiger charge is 2.26. The zero-order valence-electron chi connectivity index (χ0n) is 9.01. The molecule has 0 bridgehead atoms. The highest BCUT2D eigenvalue weighted by molar-refractivity contribution is 9.10. The van der Waals surface area contributed by atoms with Gasteiger partial charge >= 0.3 is 0 Å². The van der Waals surface area contributed by atoms with Gasteiger partial charge in [-0.25, -0.2) is 8.78 Å². The largest absolute Gasteiger partial charge is 0.381 e. The van der Waals surface area contributed by atoms with Crippen LogP contribution in [0.3, 0.4) is 0 Å². The van der Waals surface area contributed by atoms with Crippen LogP contribution in [0, 0.1) is 17.6 Å². The predicted molar refractivity (Wildman–Crippen MR) is 61.9 cm³/mol. The summed E-state index contributed by atoms with van der Waals surface area (Å²) in [5.41, 5.74) is 0.204. The molecule has 0 N–H and O–H groups in total. The van der Waals surface area contributed by atoms with Gasteiger partial charge in [0.2, 0.25) is 0 Å². The summed E-state index contributed by atoms with van der Waals surface area (Å²) in [5, 5.41) is 0. The first-order chi connectivity index (χ1) is 8.11. The fourth-order valence-corrected chi connectivity index (χ4v) is 2.41. The van der Waals surface area contributed by atoms with Crippen molar-refractivity contribution in [3.63, 3.8) is 0 Å². The van der Waals surface area contributed by atoms with Crippen LogP contribution in [0.4, 0.5) is 8.78 Å². The Morgan fingerprint density at radius 2 is 1.94 bits per heavy atom. The molecular formula is C12H11BrF2O2. The van der Waals surface area contributed by atoms with Crippen LogP contribution in [-0.2, 0) is 4.74 Å². The van der Waals surface area contributed by atoms with Crippen molar-refractivity contribution in [2.75, 3.05) is 13.2 Å². The molecule has 0 radical (unpaired) electrons. The molecule has 17 heavy (non-hydrogen) atoms. The minimum Gasteiger partial charge on any atom is -0.381 e. The van der Waals surface area contributed by atoms with Crippen molar-refractivity contribution in [2.45, 2.75) is 12.8 Å². The molecule has 0 saturated carbocycles. The Balaban J connectivity index is 2.27. The topological polar surface area (TPSA) is 26.3 Å². The van der Waals surface area contributed by atoms with Crippen LogP contribution >= 0.6 is 15.9 Å². The van der Waals surface area contributed by atoms with Crippen molar-refractivity contribution in [1.29, 1.82) is 0 Å². The number of rotatable bonds is 2. The van der Waals surface area contributed by atoms with Crippen LogP contribution in [0.25, 0.3) is 0 Å². The second kappa shape index (κ2) is 5.23. The molecule has 1 aliphatic rings. The van der Waals surface area contributed by atoms with Gasteiger partial charge < -0.3 is 4.74 Å². The van der Waals surface area contributed by atoms with E-state index in [0.29, 0.717) is 26.1 Å². The van der Waals surface area contributed by atoms with E-state index in [-0.39, 0.29) is 21.7 Å². The zero-order chi connectivity index (χ0) is 12.4. The highest BCUT2D eigenvalue weighted by Crippen LogP contribution is 2.28. The Kier molecular flexibility index (Phi) is 3.89. The van der Waals surface area contributed by atoms with Gasteiger partial charge in [-0.1, -0.05) is 0 Å². The van der Waals surface area contributed by atoms with Gasteiger partial charge in [0.15, 0.2) is 17.4 Å². The molecule has 1 aromatic carbocycles. The summed E-state index contributed by atoms with van der Waals surface area (Å²) >= 11 is 2.93. The molecule has 5 heteroatoms. The van der Waals surface area contributed by atoms with Crippen molar-refractivity contribution in [2.24, 2.45) is 5.92 Å². The highest BCUT2D eigenvalue weighted by atomic mass is 79.9. The molecule has 92 valence electrons. The van der Waals surface area contributed by atoms with E-state index < -0.39 is 11.6 Å². The summed E-state index contributed by atoms with van der Waals surface area (Å²) in [6, 6.07) is 2.30. The first-order valence-corrected chi connectivity index (χ1v) is 6.16. The lowest BCUT2D eigenvalue weighted by Crippen LogP contribution is -2.24. The lowest BCUT2D eigenvalue weighted by atomic mass is 9.91. The summed E-state index contributed by atoms with van der Waals surface area (Å²) in [7, 11) is 0. The number of ether oxygens (including phenoxy) is 1. The zero-order valence-corrected chi connectivity index (χ0v) is 10.6. The predicted octanol–water partition coefficient (Wildman–Crippen LogP) is 3.34. The maximum absolute atomic E-state index is 13.3. The lowest BCUT2D eigenvalue weighted by molar-refractivity contribution is 0.0544. The molecule has 0 amide bonds. The summed E-state index contributed by atoms with van der Waals surface area (Å²) in [5.74, 6) is -2.28. The van der Waals surface area contributed by atoms with E-state index in [1.54, 1.807) is 0 Å². The maximum atomic E-state index is 13.3. The van der Waals surface area contributed by atoms with Gasteiger partial charge in [-0.15, -0.1) is 0 Å². The van der Waals surface area contributed by atoms with E-state index in [0.717, 1.165) is 6.07 Å². The number of halogens is 3. The second-order valence-corrected chi connectivity index (χ2v) is 4.77. The fourth-order valence-electron chi connectivity index (χ4n) is 1.90. The van der Waals surface area contributed by atoms with Crippen molar-refractivity contribution < 1.29 is 18.3 Å². The fraction of sp³-hybridized carbons (Fsp3) is 0.417. The molecule has 2 rings (SSSR count). The molecule has 1 heterocycles. The van der Waals surface area contributed by atoms with Gasteiger partial charge in [0.25, 0.3) is 0 Å². The van der Waals surface area contributed by atoms with Gasteiger partial charge in [0.05, 0.1) is 4.47 Å². The summed E-state index contributed by atoms with van der Waals surface area (Å²) in [6.07, 6.45) is 1.26. The molecular weight excluding hydrogens is 294 g/mol. The molecule has 1 aromatic rings. The third-order valence-corrected chi connectivity index (χ3v) is 3.67. The standard InChI is InChI=1S/C12H11BrF2O2/c13-10-8(1-2-9(14)11(10)15)12(16)7-3-5-17-6-4-7/h1-2,7H,3-6H2. The normalized spacial score (nSPS) is 17.1. The van der Waals surface area contributed by atoms with Gasteiger partial charge in [-0.05, 0) is 40.9 Å². The van der Waals surface area contributed by atoms with E-state index in [4.69, 9.17) is 4.74 Å². The summed E-state index contributed by atoms with van der Waals surface area (Å²) in [4.78, 5) is 12.1. The third-order valence-electron chi connectivity index (χ3n) is 2.89. The number of carbonyl (C=O) groups is 1. The van der Waals surface area contributed by atoms with Gasteiger partial charge in [0.1, 0.15) is 0 Å². The molecule has 1 saturated heterocycles. The molecule has 0 aliphatic carbocycles. The minimum atomic E-state index is -1.01. The van der Waals surface area contributed by atoms with Gasteiger partial charge in [-0.2, -0.15) is 0 Å². The average Bonchev–Trinajstić information content (AvgIpc) is 2.36. The van der Waals surface area contributed by atoms with Crippen LogP contribution in [0.15, 0.2) is 16.6 Å². The monoisotopic (exact) mass is 304 g/mol. The van der Waals surface area contributed by atoms with Gasteiger partial charge in [0, 0.05) is 24.7 Å². The molecule has 1 fully saturated rings. The Morgan fingerprint density at radius 3 is 2.59 bits per heavy atom. The van der Waals surface area contributed by atoms with Crippen molar-refractivity contribution in [1.82, 2.24) is 0 Å². The molecule has 1 aliphatic heterocycles. The van der Waals surface area contributed by atoms with Crippen molar-refractivity contribution in [3.8, 4) is 0 Å². The Bertz CT molecular complexity index is 442. The number of ketones is 1. The molecule has 0 aromatic heterocycles. The molecule has 0 unspecified atom stereocenters. The minimum absolute atomic E-state index is 0.0889. The maximum Gasteiger partial charge on any atom is 0.173 e. The van der Waals surface area contributed by atoms with Crippen LogP contribution in [0.5, 0.6) is 0 Å². The third kappa shape index (κ3) is 2.55. The Hall–Kier alpha value is -0.810. The molecule has 0 spiro atoms. The van der Waals surface area contributed by atoms with Crippen molar-refractivity contribution >= 4 is 21.7 Å². The smallest absolute Gasteiger partial charge is 0.173 e. The molecule has 0 atom stereocenters. The first-order valence-electron chi connectivity index (χ1n) is 5.36. The van der Waals surface area contributed by atoms with Crippen LogP contribution < -0.4 is 0 Å². The van der Waals surface area contributed by atoms with Gasteiger partial charge in [-0.3, -0.25) is 4.79 Å². The summed E-state index contributed by atoms with van der Waals surface area (Å²) < 4.78 is 31.3. The van der Waals surface area contributed by atoms with E-state index in [9.17, 15) is 13.6 Å². The van der Waals surface area contributed by atoms with E-state index in [2.05, 4.69) is 15.9 Å². The Labute approximate surface area is 106 Å². The van der Waals surface area contributed by atoms with E-state index in [1.807, 2.05) is 0 Å². The van der Waals surface area contributed by atoms with Crippen LogP contribution in [0.2, 0.25) is 0 Å². The quantitative estimate of drug-likeness (QED) is 0.619. The lowest BCUT2D eigenvalue weighted by Gasteiger charge is -2.21. The van der Waals surface area contributed by atoms with Crippen LogP contribution in [-0.4, -0.2) is 19.0 Å². The number of Topliss-reactive ketones (excluding diaryl/α,β-unsaturated/α-hetero) is 1. The second-order valence-electron chi connectivity index (χ2n) is 3.97. The van der Waals surface area contributed by atoms with E-state index in [1.165, 1.54) is 6.07 Å². The number of benzene rings is 1. The van der Waals surface area contributed by atoms with E-state index >= 15 is 0 Å². The summed E-state index contributed by atoms with van der Waals surface area (Å²) in [6.45, 7) is 1.08. The first kappa shape index (κ1) is 12.6. The average molecular weight is 305 g/mol. The van der Waals surface area contributed by atoms with Crippen LogP contribution in [0.1, 0.15) is 23.2 Å². The SMILES string of the molecule is O=C(c1ccc(F)c(F)c1Br)C1CCOCC1. The number of hydrogen-bond acceptors (Lipinski definition) is 2. The Morgan fingerprint density at radius 1 is 1.29 bits per heavy atom. The number of hydrogen-bond donors (Lipinski definition) is 0. The van der Waals surface area contributed by atoms with Crippen molar-refractivity contribution in [3.05, 3.63) is 33.8 Å². The molecule has 2 nitrogen and oxygen atoms in total. The number of carbonyl (C=O) groups excluding carboxylic acids is 1.